The number of hydrogen-bond acceptors (Lipinski definition) is 7. The largest absolute Gasteiger partial charge is 0.493 e. The molecule has 0 fully saturated rings. The molecule has 0 saturated heterocycles. The van der Waals surface area contributed by atoms with Gasteiger partial charge in [0.2, 0.25) is 11.8 Å². The Morgan fingerprint density at radius 2 is 1.30 bits per heavy atom. The minimum atomic E-state index is -0.907. The minimum absolute atomic E-state index is 0.216. The fraction of sp³-hybridized carbons (Fsp3) is 0.444. The molecular weight excluding hydrogens is 540 g/mol. The lowest BCUT2D eigenvalue weighted by molar-refractivity contribution is -0.0244. The first-order valence-electron chi connectivity index (χ1n) is 15.9. The number of aryl methyl sites for hydroxylation is 1. The second-order valence-electron chi connectivity index (χ2n) is 11.0. The van der Waals surface area contributed by atoms with Crippen molar-refractivity contribution in [1.82, 2.24) is 10.2 Å². The highest BCUT2D eigenvalue weighted by Crippen LogP contribution is 2.32. The van der Waals surface area contributed by atoms with Crippen molar-refractivity contribution in [2.24, 2.45) is 0 Å². The molecule has 43 heavy (non-hydrogen) atoms. The highest BCUT2D eigenvalue weighted by Gasteiger charge is 2.15. The molecule has 1 unspecified atom stereocenters. The molecule has 230 valence electrons. The Kier molecular flexibility index (Phi) is 13.1. The number of unbranched alkanes of at least 4 members (excludes halogenated alkanes) is 6. The summed E-state index contributed by atoms with van der Waals surface area (Å²) in [6, 6.07) is 22.4. The van der Waals surface area contributed by atoms with Gasteiger partial charge in [0.05, 0.1) is 6.61 Å². The molecule has 0 bridgehead atoms. The topological polar surface area (TPSA) is 97.8 Å². The molecule has 0 aliphatic rings. The van der Waals surface area contributed by atoms with Crippen molar-refractivity contribution < 1.29 is 24.1 Å². The Labute approximate surface area is 255 Å². The van der Waals surface area contributed by atoms with E-state index < -0.39 is 6.29 Å². The molecule has 0 amide bonds. The van der Waals surface area contributed by atoms with Crippen LogP contribution >= 0.6 is 0 Å². The van der Waals surface area contributed by atoms with E-state index in [0.717, 1.165) is 56.1 Å². The van der Waals surface area contributed by atoms with Crippen LogP contribution in [-0.2, 0) is 6.42 Å². The number of hydrogen-bond donors (Lipinski definition) is 2. The van der Waals surface area contributed by atoms with Crippen LogP contribution in [0.15, 0.2) is 71.1 Å². The molecule has 7 nitrogen and oxygen atoms in total. The third-order valence-corrected chi connectivity index (χ3v) is 7.44. The zero-order chi connectivity index (χ0) is 30.3. The molecule has 2 N–H and O–H groups in total. The maximum Gasteiger partial charge on any atom is 0.248 e. The summed E-state index contributed by atoms with van der Waals surface area (Å²) in [6.07, 6.45) is 9.97. The summed E-state index contributed by atoms with van der Waals surface area (Å²) in [6.45, 7) is 5.06. The van der Waals surface area contributed by atoms with Crippen LogP contribution in [0.1, 0.15) is 83.6 Å². The number of benzene rings is 3. The maximum atomic E-state index is 10.4. The van der Waals surface area contributed by atoms with E-state index in [1.54, 1.807) is 12.1 Å². The van der Waals surface area contributed by atoms with Crippen molar-refractivity contribution in [3.8, 4) is 45.5 Å². The average Bonchev–Trinajstić information content (AvgIpc) is 3.53. The third-order valence-electron chi connectivity index (χ3n) is 7.44. The second kappa shape index (κ2) is 17.4. The monoisotopic (exact) mass is 586 g/mol. The predicted molar refractivity (Wildman–Crippen MR) is 171 cm³/mol. The molecule has 0 aliphatic carbocycles. The SMILES string of the molecule is CCCCCc1ccc(-c2ccc(-c3nnc(-c4cc(OCCCCCCO)cc(OC(O)CCCC)c4)o3)cc2)cc1. The smallest absolute Gasteiger partial charge is 0.248 e. The van der Waals surface area contributed by atoms with Crippen LogP contribution in [0.3, 0.4) is 0 Å². The van der Waals surface area contributed by atoms with Gasteiger partial charge in [-0.25, -0.2) is 0 Å². The summed E-state index contributed by atoms with van der Waals surface area (Å²) in [7, 11) is 0. The van der Waals surface area contributed by atoms with Crippen LogP contribution in [-0.4, -0.2) is 39.9 Å². The van der Waals surface area contributed by atoms with Crippen molar-refractivity contribution >= 4 is 0 Å². The van der Waals surface area contributed by atoms with Crippen LogP contribution in [0, 0.1) is 0 Å². The normalized spacial score (nSPS) is 11.9. The summed E-state index contributed by atoms with van der Waals surface area (Å²) in [4.78, 5) is 0. The lowest BCUT2D eigenvalue weighted by Gasteiger charge is -2.15. The number of rotatable bonds is 19. The van der Waals surface area contributed by atoms with E-state index in [-0.39, 0.29) is 6.61 Å². The first-order chi connectivity index (χ1) is 21.1. The van der Waals surface area contributed by atoms with Gasteiger partial charge in [-0.05, 0) is 79.5 Å². The number of ether oxygens (including phenoxy) is 2. The lowest BCUT2D eigenvalue weighted by atomic mass is 10.0. The third kappa shape index (κ3) is 10.2. The standard InChI is InChI=1S/C36H46N2O5/c1-3-5-9-12-27-14-16-28(17-15-27)29-18-20-30(21-19-29)35-37-38-36(43-35)31-24-32(41-23-11-8-7-10-22-39)26-33(25-31)42-34(40)13-6-4-2/h14-21,24-26,34,39-40H,3-13,22-23H2,1-2H3. The molecule has 1 heterocycles. The molecule has 0 spiro atoms. The first kappa shape index (κ1) is 32.2. The van der Waals surface area contributed by atoms with Gasteiger partial charge in [-0.2, -0.15) is 0 Å². The van der Waals surface area contributed by atoms with Gasteiger partial charge in [0, 0.05) is 30.2 Å². The van der Waals surface area contributed by atoms with Crippen molar-refractivity contribution in [2.75, 3.05) is 13.2 Å². The van der Waals surface area contributed by atoms with E-state index in [9.17, 15) is 5.11 Å². The fourth-order valence-electron chi connectivity index (χ4n) is 4.90. The van der Waals surface area contributed by atoms with Crippen LogP contribution in [0.5, 0.6) is 11.5 Å². The van der Waals surface area contributed by atoms with Gasteiger partial charge in [0.25, 0.3) is 0 Å². The van der Waals surface area contributed by atoms with Crippen LogP contribution in [0.25, 0.3) is 34.0 Å². The van der Waals surface area contributed by atoms with Gasteiger partial charge in [-0.15, -0.1) is 10.2 Å². The highest BCUT2D eigenvalue weighted by molar-refractivity contribution is 5.68. The van der Waals surface area contributed by atoms with E-state index in [1.165, 1.54) is 30.4 Å². The number of aromatic nitrogens is 2. The van der Waals surface area contributed by atoms with Gasteiger partial charge in [0.1, 0.15) is 11.5 Å². The van der Waals surface area contributed by atoms with Crippen LogP contribution < -0.4 is 9.47 Å². The first-order valence-corrected chi connectivity index (χ1v) is 15.9. The molecule has 0 aliphatic heterocycles. The van der Waals surface area contributed by atoms with E-state index in [1.807, 2.05) is 18.2 Å². The predicted octanol–water partition coefficient (Wildman–Crippen LogP) is 8.62. The van der Waals surface area contributed by atoms with Gasteiger partial charge in [-0.1, -0.05) is 75.9 Å². The van der Waals surface area contributed by atoms with E-state index in [4.69, 9.17) is 19.0 Å². The molecular formula is C36H46N2O5. The van der Waals surface area contributed by atoms with E-state index in [2.05, 4.69) is 60.4 Å². The zero-order valence-corrected chi connectivity index (χ0v) is 25.6. The van der Waals surface area contributed by atoms with Crippen LogP contribution in [0.2, 0.25) is 0 Å². The fourth-order valence-corrected chi connectivity index (χ4v) is 4.90. The van der Waals surface area contributed by atoms with E-state index in [0.29, 0.717) is 41.9 Å². The van der Waals surface area contributed by atoms with E-state index >= 15 is 0 Å². The summed E-state index contributed by atoms with van der Waals surface area (Å²) in [5.41, 5.74) is 5.18. The number of nitrogens with zero attached hydrogens (tertiary/aromatic N) is 2. The molecule has 1 aromatic heterocycles. The second-order valence-corrected chi connectivity index (χ2v) is 11.0. The Morgan fingerprint density at radius 1 is 0.674 bits per heavy atom. The van der Waals surface area contributed by atoms with Gasteiger partial charge >= 0.3 is 0 Å². The summed E-state index contributed by atoms with van der Waals surface area (Å²) < 4.78 is 17.9. The van der Waals surface area contributed by atoms with Crippen molar-refractivity contribution in [3.05, 3.63) is 72.3 Å². The van der Waals surface area contributed by atoms with Crippen molar-refractivity contribution in [1.29, 1.82) is 0 Å². The Bertz CT molecular complexity index is 1350. The Morgan fingerprint density at radius 3 is 2.00 bits per heavy atom. The molecule has 0 radical (unpaired) electrons. The maximum absolute atomic E-state index is 10.4. The number of aliphatic hydroxyl groups excluding tert-OH is 2. The summed E-state index contributed by atoms with van der Waals surface area (Å²) in [5.74, 6) is 1.86. The molecule has 4 rings (SSSR count). The minimum Gasteiger partial charge on any atom is -0.493 e. The number of aliphatic hydroxyl groups is 2. The van der Waals surface area contributed by atoms with Gasteiger partial charge in [-0.3, -0.25) is 0 Å². The van der Waals surface area contributed by atoms with Crippen LogP contribution in [0.4, 0.5) is 0 Å². The van der Waals surface area contributed by atoms with Gasteiger partial charge < -0.3 is 24.1 Å². The molecule has 0 saturated carbocycles. The molecule has 3 aromatic carbocycles. The summed E-state index contributed by atoms with van der Waals surface area (Å²) in [5, 5.41) is 28.0. The molecule has 1 atom stereocenters. The summed E-state index contributed by atoms with van der Waals surface area (Å²) >= 11 is 0. The zero-order valence-electron chi connectivity index (χ0n) is 25.6. The highest BCUT2D eigenvalue weighted by atomic mass is 16.6. The van der Waals surface area contributed by atoms with Gasteiger partial charge in [0.15, 0.2) is 6.29 Å². The molecule has 4 aromatic rings. The Hall–Kier alpha value is -3.68. The van der Waals surface area contributed by atoms with Crippen molar-refractivity contribution in [2.45, 2.75) is 90.8 Å². The lowest BCUT2D eigenvalue weighted by Crippen LogP contribution is -2.15. The average molecular weight is 587 g/mol. The Balaban J connectivity index is 1.46. The van der Waals surface area contributed by atoms with Crippen molar-refractivity contribution in [3.63, 3.8) is 0 Å². The quantitative estimate of drug-likeness (QED) is 0.0838. The molecule has 7 heteroatoms.